The Kier molecular flexibility index (Phi) is 5.70. The summed E-state index contributed by atoms with van der Waals surface area (Å²) in [7, 11) is 0. The summed E-state index contributed by atoms with van der Waals surface area (Å²) in [6, 6.07) is 8.99. The lowest BCUT2D eigenvalue weighted by Crippen LogP contribution is -2.15. The van der Waals surface area contributed by atoms with Gasteiger partial charge in [-0.2, -0.15) is 0 Å². The summed E-state index contributed by atoms with van der Waals surface area (Å²) in [4.78, 5) is 0. The van der Waals surface area contributed by atoms with Crippen molar-refractivity contribution in [2.45, 2.75) is 58.9 Å². The topological polar surface area (TPSA) is 12.0 Å². The molecule has 0 aliphatic rings. The second kappa shape index (κ2) is 6.80. The van der Waals surface area contributed by atoms with Crippen molar-refractivity contribution >= 4 is 0 Å². The van der Waals surface area contributed by atoms with E-state index in [9.17, 15) is 0 Å². The van der Waals surface area contributed by atoms with Crippen molar-refractivity contribution < 1.29 is 0 Å². The van der Waals surface area contributed by atoms with Crippen molar-refractivity contribution in [1.29, 1.82) is 0 Å². The number of nitrogens with one attached hydrogen (secondary N) is 1. The van der Waals surface area contributed by atoms with Crippen LogP contribution < -0.4 is 5.32 Å². The third-order valence-electron chi connectivity index (χ3n) is 3.11. The molecule has 1 aromatic carbocycles. The monoisotopic (exact) mass is 233 g/mol. The Balaban J connectivity index is 2.36. The van der Waals surface area contributed by atoms with E-state index >= 15 is 0 Å². The summed E-state index contributed by atoms with van der Waals surface area (Å²) in [6.45, 7) is 11.1. The molecule has 0 spiro atoms. The van der Waals surface area contributed by atoms with E-state index in [2.05, 4.69) is 57.3 Å². The van der Waals surface area contributed by atoms with Crippen molar-refractivity contribution in [3.8, 4) is 0 Å². The van der Waals surface area contributed by atoms with E-state index in [4.69, 9.17) is 0 Å². The minimum atomic E-state index is 0.257. The Morgan fingerprint density at radius 3 is 2.18 bits per heavy atom. The molecule has 1 N–H and O–H groups in total. The maximum Gasteiger partial charge on any atom is 0.0205 e. The molecule has 1 nitrogen and oxygen atoms in total. The minimum Gasteiger partial charge on any atom is -0.313 e. The van der Waals surface area contributed by atoms with Crippen LogP contribution in [0.15, 0.2) is 24.3 Å². The maximum atomic E-state index is 3.49. The van der Waals surface area contributed by atoms with Crippen LogP contribution in [-0.4, -0.2) is 6.54 Å². The van der Waals surface area contributed by atoms with Gasteiger partial charge in [0.2, 0.25) is 0 Å². The normalized spacial score (nSPS) is 11.8. The first-order chi connectivity index (χ1) is 8.04. The lowest BCUT2D eigenvalue weighted by atomic mass is 9.87. The van der Waals surface area contributed by atoms with Gasteiger partial charge >= 0.3 is 0 Å². The fourth-order valence-electron chi connectivity index (χ4n) is 1.86. The Morgan fingerprint density at radius 1 is 1.00 bits per heavy atom. The fourth-order valence-corrected chi connectivity index (χ4v) is 1.86. The highest BCUT2D eigenvalue weighted by molar-refractivity contribution is 5.27. The molecule has 0 aromatic heterocycles. The average molecular weight is 233 g/mol. The largest absolute Gasteiger partial charge is 0.313 e. The van der Waals surface area contributed by atoms with Crippen LogP contribution in [0.1, 0.15) is 58.1 Å². The molecular formula is C16H27N. The Labute approximate surface area is 107 Å². The van der Waals surface area contributed by atoms with Gasteiger partial charge in [-0.3, -0.25) is 0 Å². The van der Waals surface area contributed by atoms with Crippen LogP contribution >= 0.6 is 0 Å². The van der Waals surface area contributed by atoms with Gasteiger partial charge in [-0.05, 0) is 29.5 Å². The van der Waals surface area contributed by atoms with Crippen molar-refractivity contribution in [3.63, 3.8) is 0 Å². The van der Waals surface area contributed by atoms with Gasteiger partial charge in [0.15, 0.2) is 0 Å². The summed E-state index contributed by atoms with van der Waals surface area (Å²) < 4.78 is 0. The van der Waals surface area contributed by atoms with Crippen molar-refractivity contribution in [3.05, 3.63) is 35.4 Å². The van der Waals surface area contributed by atoms with E-state index in [1.165, 1.54) is 30.4 Å². The molecule has 17 heavy (non-hydrogen) atoms. The van der Waals surface area contributed by atoms with Crippen LogP contribution in [-0.2, 0) is 12.0 Å². The summed E-state index contributed by atoms with van der Waals surface area (Å²) in [5.41, 5.74) is 3.05. The predicted molar refractivity (Wildman–Crippen MR) is 76.4 cm³/mol. The minimum absolute atomic E-state index is 0.257. The molecule has 1 heteroatoms. The maximum absolute atomic E-state index is 3.49. The second-order valence-electron chi connectivity index (χ2n) is 5.83. The van der Waals surface area contributed by atoms with Crippen molar-refractivity contribution in [2.24, 2.45) is 0 Å². The molecule has 0 saturated carbocycles. The van der Waals surface area contributed by atoms with Crippen LogP contribution in [0.2, 0.25) is 0 Å². The standard InChI is InChI=1S/C16H27N/c1-5-6-7-12-17-13-14-8-10-15(11-9-14)16(2,3)4/h8-11,17H,5-7,12-13H2,1-4H3. The van der Waals surface area contributed by atoms with Gasteiger partial charge in [0.1, 0.15) is 0 Å². The zero-order chi connectivity index (χ0) is 12.7. The SMILES string of the molecule is CCCCCNCc1ccc(C(C)(C)C)cc1. The van der Waals surface area contributed by atoms with Gasteiger partial charge in [-0.25, -0.2) is 0 Å². The van der Waals surface area contributed by atoms with Crippen LogP contribution in [0, 0.1) is 0 Å². The smallest absolute Gasteiger partial charge is 0.0205 e. The number of rotatable bonds is 6. The Bertz CT molecular complexity index is 305. The van der Waals surface area contributed by atoms with Crippen molar-refractivity contribution in [2.75, 3.05) is 6.54 Å². The second-order valence-corrected chi connectivity index (χ2v) is 5.83. The molecule has 0 bridgehead atoms. The first kappa shape index (κ1) is 14.2. The van der Waals surface area contributed by atoms with Crippen molar-refractivity contribution in [1.82, 2.24) is 5.32 Å². The van der Waals surface area contributed by atoms with Gasteiger partial charge in [0.05, 0.1) is 0 Å². The average Bonchev–Trinajstić information content (AvgIpc) is 2.28. The number of unbranched alkanes of at least 4 members (excludes halogenated alkanes) is 2. The van der Waals surface area contributed by atoms with E-state index in [0.717, 1.165) is 13.1 Å². The van der Waals surface area contributed by atoms with Crippen LogP contribution in [0.4, 0.5) is 0 Å². The quantitative estimate of drug-likeness (QED) is 0.724. The predicted octanol–water partition coefficient (Wildman–Crippen LogP) is 4.26. The van der Waals surface area contributed by atoms with Crippen LogP contribution in [0.5, 0.6) is 0 Å². The number of hydrogen-bond acceptors (Lipinski definition) is 1. The third-order valence-corrected chi connectivity index (χ3v) is 3.11. The molecule has 0 radical (unpaired) electrons. The molecule has 96 valence electrons. The molecule has 0 amide bonds. The molecule has 1 aromatic rings. The van der Waals surface area contributed by atoms with Gasteiger partial charge in [-0.15, -0.1) is 0 Å². The lowest BCUT2D eigenvalue weighted by Gasteiger charge is -2.19. The molecule has 0 saturated heterocycles. The van der Waals surface area contributed by atoms with Gasteiger partial charge < -0.3 is 5.32 Å². The molecular weight excluding hydrogens is 206 g/mol. The van der Waals surface area contributed by atoms with Crippen LogP contribution in [0.3, 0.4) is 0 Å². The summed E-state index contributed by atoms with van der Waals surface area (Å²) in [5, 5.41) is 3.49. The molecule has 0 atom stereocenters. The van der Waals surface area contributed by atoms with E-state index in [1.807, 2.05) is 0 Å². The highest BCUT2D eigenvalue weighted by Crippen LogP contribution is 2.22. The van der Waals surface area contributed by atoms with Crippen LogP contribution in [0.25, 0.3) is 0 Å². The Hall–Kier alpha value is -0.820. The van der Waals surface area contributed by atoms with E-state index < -0.39 is 0 Å². The summed E-state index contributed by atoms with van der Waals surface area (Å²) in [5.74, 6) is 0. The molecule has 0 fully saturated rings. The molecule has 0 aliphatic carbocycles. The number of benzene rings is 1. The van der Waals surface area contributed by atoms with Gasteiger partial charge in [0.25, 0.3) is 0 Å². The third kappa shape index (κ3) is 5.36. The highest BCUT2D eigenvalue weighted by Gasteiger charge is 2.12. The highest BCUT2D eigenvalue weighted by atomic mass is 14.8. The van der Waals surface area contributed by atoms with E-state index in [-0.39, 0.29) is 5.41 Å². The summed E-state index contributed by atoms with van der Waals surface area (Å²) in [6.07, 6.45) is 3.91. The number of hydrogen-bond donors (Lipinski definition) is 1. The first-order valence-corrected chi connectivity index (χ1v) is 6.84. The lowest BCUT2D eigenvalue weighted by molar-refractivity contribution is 0.588. The van der Waals surface area contributed by atoms with Gasteiger partial charge in [0, 0.05) is 6.54 Å². The fraction of sp³-hybridized carbons (Fsp3) is 0.625. The molecule has 0 aliphatic heterocycles. The molecule has 0 unspecified atom stereocenters. The molecule has 0 heterocycles. The Morgan fingerprint density at radius 2 is 1.65 bits per heavy atom. The summed E-state index contributed by atoms with van der Waals surface area (Å²) >= 11 is 0. The van der Waals surface area contributed by atoms with E-state index in [0.29, 0.717) is 0 Å². The first-order valence-electron chi connectivity index (χ1n) is 6.84. The zero-order valence-electron chi connectivity index (χ0n) is 11.8. The molecule has 1 rings (SSSR count). The van der Waals surface area contributed by atoms with Gasteiger partial charge in [-0.1, -0.05) is 64.8 Å². The zero-order valence-corrected chi connectivity index (χ0v) is 11.8. The van der Waals surface area contributed by atoms with E-state index in [1.54, 1.807) is 0 Å².